The number of carbonyl (C=O) groups excluding carboxylic acids is 2. The fraction of sp³-hybridized carbons (Fsp3) is 0.300. The number of hydrogen-bond acceptors (Lipinski definition) is 3. The summed E-state index contributed by atoms with van der Waals surface area (Å²) in [6.45, 7) is 5.35. The molecule has 0 aliphatic carbocycles. The number of amides is 2. The largest absolute Gasteiger partial charge is 0.497 e. The summed E-state index contributed by atoms with van der Waals surface area (Å²) in [5.41, 5.74) is 3.12. The van der Waals surface area contributed by atoms with E-state index in [1.165, 1.54) is 6.92 Å². The van der Waals surface area contributed by atoms with Crippen LogP contribution < -0.4 is 15.4 Å². The number of nitrogens with one attached hydrogen (secondary N) is 2. The maximum Gasteiger partial charge on any atom is 0.231 e. The monoisotopic (exact) mass is 340 g/mol. The Morgan fingerprint density at radius 2 is 1.72 bits per heavy atom. The van der Waals surface area contributed by atoms with Gasteiger partial charge in [-0.3, -0.25) is 9.59 Å². The highest BCUT2D eigenvalue weighted by Crippen LogP contribution is 2.27. The molecule has 0 spiro atoms. The van der Waals surface area contributed by atoms with Crippen LogP contribution in [0.3, 0.4) is 0 Å². The second-order valence-electron chi connectivity index (χ2n) is 5.95. The van der Waals surface area contributed by atoms with Crippen molar-refractivity contribution in [3.05, 3.63) is 53.6 Å². The van der Waals surface area contributed by atoms with Crippen LogP contribution in [0.5, 0.6) is 5.75 Å². The van der Waals surface area contributed by atoms with E-state index in [4.69, 9.17) is 4.74 Å². The number of benzene rings is 2. The molecule has 132 valence electrons. The SMILES string of the molecule is CC[C@@H](C(=O)Nc1cc(C)ccc1NC(C)=O)c1ccc(OC)cc1. The summed E-state index contributed by atoms with van der Waals surface area (Å²) in [7, 11) is 1.61. The van der Waals surface area contributed by atoms with Crippen molar-refractivity contribution in [3.63, 3.8) is 0 Å². The van der Waals surface area contributed by atoms with Crippen molar-refractivity contribution in [3.8, 4) is 5.75 Å². The lowest BCUT2D eigenvalue weighted by atomic mass is 9.95. The van der Waals surface area contributed by atoms with Gasteiger partial charge in [-0.2, -0.15) is 0 Å². The quantitative estimate of drug-likeness (QED) is 0.832. The van der Waals surface area contributed by atoms with Crippen molar-refractivity contribution >= 4 is 23.2 Å². The summed E-state index contributed by atoms with van der Waals surface area (Å²) in [6, 6.07) is 13.0. The van der Waals surface area contributed by atoms with E-state index in [-0.39, 0.29) is 17.7 Å². The second-order valence-corrected chi connectivity index (χ2v) is 5.95. The molecule has 0 aromatic heterocycles. The Hall–Kier alpha value is -2.82. The fourth-order valence-electron chi connectivity index (χ4n) is 2.69. The zero-order chi connectivity index (χ0) is 18.4. The third kappa shape index (κ3) is 4.83. The molecule has 0 bridgehead atoms. The molecule has 0 heterocycles. The summed E-state index contributed by atoms with van der Waals surface area (Å²) in [6.07, 6.45) is 0.666. The molecule has 0 unspecified atom stereocenters. The van der Waals surface area contributed by atoms with E-state index in [2.05, 4.69) is 10.6 Å². The van der Waals surface area contributed by atoms with Crippen molar-refractivity contribution in [2.24, 2.45) is 0 Å². The van der Waals surface area contributed by atoms with Gasteiger partial charge in [-0.25, -0.2) is 0 Å². The van der Waals surface area contributed by atoms with Crippen molar-refractivity contribution in [1.82, 2.24) is 0 Å². The van der Waals surface area contributed by atoms with Crippen LogP contribution >= 0.6 is 0 Å². The van der Waals surface area contributed by atoms with Gasteiger partial charge in [0.15, 0.2) is 0 Å². The Kier molecular flexibility index (Phi) is 6.17. The zero-order valence-corrected chi connectivity index (χ0v) is 15.1. The molecule has 25 heavy (non-hydrogen) atoms. The first-order valence-corrected chi connectivity index (χ1v) is 8.27. The first-order valence-electron chi connectivity index (χ1n) is 8.27. The Balaban J connectivity index is 2.24. The lowest BCUT2D eigenvalue weighted by Crippen LogP contribution is -2.22. The molecule has 1 atom stereocenters. The van der Waals surface area contributed by atoms with Crippen LogP contribution in [0.15, 0.2) is 42.5 Å². The van der Waals surface area contributed by atoms with Crippen LogP contribution in [0, 0.1) is 6.92 Å². The Labute approximate surface area is 148 Å². The molecule has 2 aromatic rings. The predicted molar refractivity (Wildman–Crippen MR) is 100 cm³/mol. The van der Waals surface area contributed by atoms with Gasteiger partial charge in [-0.15, -0.1) is 0 Å². The van der Waals surface area contributed by atoms with Crippen LogP contribution in [0.2, 0.25) is 0 Å². The standard InChI is InChI=1S/C20H24N2O3/c1-5-17(15-7-9-16(25-4)10-8-15)20(24)22-19-12-13(2)6-11-18(19)21-14(3)23/h6-12,17H,5H2,1-4H3,(H,21,23)(H,22,24)/t17-/m1/s1. The predicted octanol–water partition coefficient (Wildman–Crippen LogP) is 4.09. The molecular weight excluding hydrogens is 316 g/mol. The van der Waals surface area contributed by atoms with Gasteiger partial charge < -0.3 is 15.4 Å². The van der Waals surface area contributed by atoms with Gasteiger partial charge in [0.2, 0.25) is 11.8 Å². The first kappa shape index (κ1) is 18.5. The third-order valence-corrected chi connectivity index (χ3v) is 3.99. The van der Waals surface area contributed by atoms with Crippen molar-refractivity contribution in [1.29, 1.82) is 0 Å². The lowest BCUT2D eigenvalue weighted by Gasteiger charge is -2.18. The molecule has 2 rings (SSSR count). The number of hydrogen-bond donors (Lipinski definition) is 2. The summed E-state index contributed by atoms with van der Waals surface area (Å²) < 4.78 is 5.16. The van der Waals surface area contributed by atoms with Crippen molar-refractivity contribution in [2.75, 3.05) is 17.7 Å². The molecular formula is C20H24N2O3. The molecule has 5 heteroatoms. The highest BCUT2D eigenvalue weighted by atomic mass is 16.5. The van der Waals surface area contributed by atoms with Gasteiger partial charge >= 0.3 is 0 Å². The molecule has 0 saturated carbocycles. The van der Waals surface area contributed by atoms with Gasteiger partial charge in [0.25, 0.3) is 0 Å². The van der Waals surface area contributed by atoms with Crippen LogP contribution in [-0.4, -0.2) is 18.9 Å². The average Bonchev–Trinajstić information content (AvgIpc) is 2.58. The smallest absolute Gasteiger partial charge is 0.231 e. The van der Waals surface area contributed by atoms with Crippen LogP contribution in [0.1, 0.15) is 37.3 Å². The average molecular weight is 340 g/mol. The number of aryl methyl sites for hydroxylation is 1. The van der Waals surface area contributed by atoms with Gasteiger partial charge in [-0.05, 0) is 48.7 Å². The molecule has 0 aliphatic heterocycles. The van der Waals surface area contributed by atoms with Crippen LogP contribution in [-0.2, 0) is 9.59 Å². The highest BCUT2D eigenvalue weighted by Gasteiger charge is 2.20. The maximum absolute atomic E-state index is 12.8. The first-order chi connectivity index (χ1) is 11.9. The van der Waals surface area contributed by atoms with E-state index in [1.54, 1.807) is 13.2 Å². The van der Waals surface area contributed by atoms with Gasteiger partial charge in [0.05, 0.1) is 24.4 Å². The van der Waals surface area contributed by atoms with E-state index in [9.17, 15) is 9.59 Å². The Morgan fingerprint density at radius 1 is 1.04 bits per heavy atom. The molecule has 5 nitrogen and oxygen atoms in total. The molecule has 2 amide bonds. The summed E-state index contributed by atoms with van der Waals surface area (Å²) in [5.74, 6) is 0.189. The van der Waals surface area contributed by atoms with Crippen molar-refractivity contribution in [2.45, 2.75) is 33.1 Å². The minimum Gasteiger partial charge on any atom is -0.497 e. The number of methoxy groups -OCH3 is 1. The van der Waals surface area contributed by atoms with Crippen molar-refractivity contribution < 1.29 is 14.3 Å². The number of carbonyl (C=O) groups is 2. The molecule has 0 saturated heterocycles. The number of rotatable bonds is 6. The Morgan fingerprint density at radius 3 is 2.28 bits per heavy atom. The topological polar surface area (TPSA) is 67.4 Å². The van der Waals surface area contributed by atoms with Crippen LogP contribution in [0.4, 0.5) is 11.4 Å². The van der Waals surface area contributed by atoms with Gasteiger partial charge in [0, 0.05) is 6.92 Å². The molecule has 2 aromatic carbocycles. The van der Waals surface area contributed by atoms with E-state index < -0.39 is 0 Å². The Bertz CT molecular complexity index is 754. The third-order valence-electron chi connectivity index (χ3n) is 3.99. The number of anilines is 2. The second kappa shape index (κ2) is 8.33. The maximum atomic E-state index is 12.8. The minimum absolute atomic E-state index is 0.107. The van der Waals surface area contributed by atoms with Crippen LogP contribution in [0.25, 0.3) is 0 Å². The summed E-state index contributed by atoms with van der Waals surface area (Å²) in [5, 5.41) is 5.70. The van der Waals surface area contributed by atoms with E-state index >= 15 is 0 Å². The molecule has 0 radical (unpaired) electrons. The highest BCUT2D eigenvalue weighted by molar-refractivity contribution is 6.01. The van der Waals surface area contributed by atoms with E-state index in [0.717, 1.165) is 16.9 Å². The fourth-order valence-corrected chi connectivity index (χ4v) is 2.69. The zero-order valence-electron chi connectivity index (χ0n) is 15.1. The lowest BCUT2D eigenvalue weighted by molar-refractivity contribution is -0.117. The molecule has 0 aliphatic rings. The molecule has 0 fully saturated rings. The normalized spacial score (nSPS) is 11.5. The molecule has 2 N–H and O–H groups in total. The summed E-state index contributed by atoms with van der Waals surface area (Å²) in [4.78, 5) is 24.2. The minimum atomic E-state index is -0.281. The van der Waals surface area contributed by atoms with Gasteiger partial charge in [0.1, 0.15) is 5.75 Å². The van der Waals surface area contributed by atoms with E-state index in [1.807, 2.05) is 50.2 Å². The number of ether oxygens (including phenoxy) is 1. The summed E-state index contributed by atoms with van der Waals surface area (Å²) >= 11 is 0. The van der Waals surface area contributed by atoms with Gasteiger partial charge in [-0.1, -0.05) is 25.1 Å². The van der Waals surface area contributed by atoms with E-state index in [0.29, 0.717) is 17.8 Å².